The molecule has 1 saturated heterocycles. The van der Waals surface area contributed by atoms with Crippen molar-refractivity contribution < 1.29 is 9.21 Å². The van der Waals surface area contributed by atoms with Crippen molar-refractivity contribution in [3.8, 4) is 0 Å². The quantitative estimate of drug-likeness (QED) is 0.695. The maximum atomic E-state index is 12.9. The van der Waals surface area contributed by atoms with Gasteiger partial charge in [0.15, 0.2) is 12.1 Å². The van der Waals surface area contributed by atoms with E-state index in [2.05, 4.69) is 19.5 Å². The normalized spacial score (nSPS) is 17.2. The molecule has 0 aromatic carbocycles. The molecule has 0 aliphatic carbocycles. The van der Waals surface area contributed by atoms with Crippen LogP contribution in [0.1, 0.15) is 53.3 Å². The van der Waals surface area contributed by atoms with Crippen LogP contribution in [0, 0.1) is 0 Å². The average Bonchev–Trinajstić information content (AvgIpc) is 3.37. The summed E-state index contributed by atoms with van der Waals surface area (Å²) in [7, 11) is 0. The SMILES string of the molecule is CCc1ocnc1C(=O)N1CCC[C@H](c2nccn2Cc2ccncc2)C1. The van der Waals surface area contributed by atoms with E-state index in [-0.39, 0.29) is 11.8 Å². The minimum absolute atomic E-state index is 0.0439. The fourth-order valence-corrected chi connectivity index (χ4v) is 3.72. The summed E-state index contributed by atoms with van der Waals surface area (Å²) in [4.78, 5) is 27.6. The van der Waals surface area contributed by atoms with Crippen molar-refractivity contribution in [3.05, 3.63) is 66.2 Å². The maximum absolute atomic E-state index is 12.9. The van der Waals surface area contributed by atoms with Crippen LogP contribution in [0.4, 0.5) is 0 Å². The highest BCUT2D eigenvalue weighted by Crippen LogP contribution is 2.27. The monoisotopic (exact) mass is 365 g/mol. The topological polar surface area (TPSA) is 77.0 Å². The number of imidazole rings is 1. The van der Waals surface area contributed by atoms with Gasteiger partial charge in [-0.2, -0.15) is 0 Å². The molecule has 0 N–H and O–H groups in total. The molecule has 7 heteroatoms. The molecule has 0 radical (unpaired) electrons. The van der Waals surface area contributed by atoms with Crippen molar-refractivity contribution in [2.45, 2.75) is 38.6 Å². The fourth-order valence-electron chi connectivity index (χ4n) is 3.72. The van der Waals surface area contributed by atoms with Crippen LogP contribution in [-0.4, -0.2) is 43.4 Å². The Labute approximate surface area is 158 Å². The van der Waals surface area contributed by atoms with Gasteiger partial charge in [0, 0.05) is 56.8 Å². The van der Waals surface area contributed by atoms with E-state index in [1.165, 1.54) is 12.0 Å². The van der Waals surface area contributed by atoms with Crippen molar-refractivity contribution in [1.29, 1.82) is 0 Å². The van der Waals surface area contributed by atoms with Gasteiger partial charge in [0.1, 0.15) is 11.6 Å². The summed E-state index contributed by atoms with van der Waals surface area (Å²) >= 11 is 0. The predicted molar refractivity (Wildman–Crippen MR) is 99.3 cm³/mol. The lowest BCUT2D eigenvalue weighted by atomic mass is 9.96. The number of likely N-dealkylation sites (tertiary alicyclic amines) is 1. The van der Waals surface area contributed by atoms with Crippen LogP contribution in [0.5, 0.6) is 0 Å². The van der Waals surface area contributed by atoms with E-state index in [0.717, 1.165) is 31.8 Å². The Morgan fingerprint density at radius 2 is 2.11 bits per heavy atom. The molecule has 0 saturated carbocycles. The van der Waals surface area contributed by atoms with E-state index >= 15 is 0 Å². The number of nitrogens with zero attached hydrogens (tertiary/aromatic N) is 5. The summed E-state index contributed by atoms with van der Waals surface area (Å²) in [5.74, 6) is 1.86. The number of piperidine rings is 1. The van der Waals surface area contributed by atoms with Gasteiger partial charge in [0.25, 0.3) is 5.91 Å². The van der Waals surface area contributed by atoms with Crippen molar-refractivity contribution in [2.24, 2.45) is 0 Å². The number of carbonyl (C=O) groups is 1. The van der Waals surface area contributed by atoms with Crippen LogP contribution in [0.15, 0.2) is 47.7 Å². The third-order valence-electron chi connectivity index (χ3n) is 5.09. The van der Waals surface area contributed by atoms with Crippen LogP contribution >= 0.6 is 0 Å². The van der Waals surface area contributed by atoms with Gasteiger partial charge in [-0.1, -0.05) is 6.92 Å². The minimum atomic E-state index is -0.0439. The van der Waals surface area contributed by atoms with Crippen molar-refractivity contribution in [2.75, 3.05) is 13.1 Å². The molecule has 27 heavy (non-hydrogen) atoms. The van der Waals surface area contributed by atoms with E-state index in [1.807, 2.05) is 36.4 Å². The van der Waals surface area contributed by atoms with Crippen molar-refractivity contribution >= 4 is 5.91 Å². The molecule has 3 aromatic rings. The molecule has 3 aromatic heterocycles. The first-order valence-electron chi connectivity index (χ1n) is 9.37. The molecule has 1 atom stereocenters. The van der Waals surface area contributed by atoms with Gasteiger partial charge in [-0.15, -0.1) is 0 Å². The Morgan fingerprint density at radius 1 is 1.26 bits per heavy atom. The zero-order valence-corrected chi connectivity index (χ0v) is 15.4. The lowest BCUT2D eigenvalue weighted by Crippen LogP contribution is -2.40. The van der Waals surface area contributed by atoms with E-state index < -0.39 is 0 Å². The Bertz CT molecular complexity index is 902. The van der Waals surface area contributed by atoms with E-state index in [4.69, 9.17) is 4.42 Å². The van der Waals surface area contributed by atoms with E-state index in [1.54, 1.807) is 12.4 Å². The largest absolute Gasteiger partial charge is 0.448 e. The van der Waals surface area contributed by atoms with Gasteiger partial charge in [-0.25, -0.2) is 9.97 Å². The summed E-state index contributed by atoms with van der Waals surface area (Å²) in [5, 5.41) is 0. The van der Waals surface area contributed by atoms with Crippen LogP contribution in [0.25, 0.3) is 0 Å². The summed E-state index contributed by atoms with van der Waals surface area (Å²) < 4.78 is 7.50. The molecule has 4 heterocycles. The summed E-state index contributed by atoms with van der Waals surface area (Å²) in [6.45, 7) is 4.12. The van der Waals surface area contributed by atoms with Gasteiger partial charge in [0.05, 0.1) is 0 Å². The zero-order valence-electron chi connectivity index (χ0n) is 15.4. The predicted octanol–water partition coefficient (Wildman–Crippen LogP) is 2.90. The van der Waals surface area contributed by atoms with Crippen molar-refractivity contribution in [1.82, 2.24) is 24.4 Å². The molecule has 1 aliphatic rings. The van der Waals surface area contributed by atoms with Gasteiger partial charge >= 0.3 is 0 Å². The van der Waals surface area contributed by atoms with E-state index in [9.17, 15) is 4.79 Å². The average molecular weight is 365 g/mol. The summed E-state index contributed by atoms with van der Waals surface area (Å²) in [6.07, 6.45) is 11.4. The first kappa shape index (κ1) is 17.5. The molecular weight excluding hydrogens is 342 g/mol. The molecule has 0 unspecified atom stereocenters. The molecule has 0 spiro atoms. The highest BCUT2D eigenvalue weighted by atomic mass is 16.3. The maximum Gasteiger partial charge on any atom is 0.276 e. The molecule has 7 nitrogen and oxygen atoms in total. The smallest absolute Gasteiger partial charge is 0.276 e. The fraction of sp³-hybridized carbons (Fsp3) is 0.400. The Kier molecular flexibility index (Phi) is 5.00. The number of hydrogen-bond donors (Lipinski definition) is 0. The summed E-state index contributed by atoms with van der Waals surface area (Å²) in [5.41, 5.74) is 1.63. The molecule has 0 bridgehead atoms. The number of amides is 1. The second kappa shape index (κ2) is 7.73. The van der Waals surface area contributed by atoms with Gasteiger partial charge < -0.3 is 13.9 Å². The molecule has 1 fully saturated rings. The number of pyridine rings is 1. The molecule has 4 rings (SSSR count). The van der Waals surface area contributed by atoms with Crippen molar-refractivity contribution in [3.63, 3.8) is 0 Å². The first-order chi connectivity index (χ1) is 13.3. The number of hydrogen-bond acceptors (Lipinski definition) is 5. The number of carbonyl (C=O) groups excluding carboxylic acids is 1. The third-order valence-corrected chi connectivity index (χ3v) is 5.09. The lowest BCUT2D eigenvalue weighted by Gasteiger charge is -2.32. The molecular formula is C20H23N5O2. The number of rotatable bonds is 5. The Balaban J connectivity index is 1.51. The number of oxazole rings is 1. The highest BCUT2D eigenvalue weighted by Gasteiger charge is 2.30. The van der Waals surface area contributed by atoms with Gasteiger partial charge in [0.2, 0.25) is 0 Å². The second-order valence-corrected chi connectivity index (χ2v) is 6.84. The van der Waals surface area contributed by atoms with Crippen LogP contribution in [-0.2, 0) is 13.0 Å². The Morgan fingerprint density at radius 3 is 2.93 bits per heavy atom. The van der Waals surface area contributed by atoms with Crippen LogP contribution in [0.2, 0.25) is 0 Å². The molecule has 1 amide bonds. The van der Waals surface area contributed by atoms with Crippen LogP contribution < -0.4 is 0 Å². The summed E-state index contributed by atoms with van der Waals surface area (Å²) in [6, 6.07) is 4.02. The highest BCUT2D eigenvalue weighted by molar-refractivity contribution is 5.93. The number of aromatic nitrogens is 4. The second-order valence-electron chi connectivity index (χ2n) is 6.84. The minimum Gasteiger partial charge on any atom is -0.448 e. The van der Waals surface area contributed by atoms with Gasteiger partial charge in [-0.05, 0) is 30.5 Å². The molecule has 140 valence electrons. The number of aryl methyl sites for hydroxylation is 1. The lowest BCUT2D eigenvalue weighted by molar-refractivity contribution is 0.0696. The molecule has 1 aliphatic heterocycles. The third kappa shape index (κ3) is 3.63. The first-order valence-corrected chi connectivity index (χ1v) is 9.37. The van der Waals surface area contributed by atoms with E-state index in [0.29, 0.717) is 24.4 Å². The standard InChI is InChI=1S/C20H23N5O2/c1-2-17-18(23-14-27-17)20(26)25-10-3-4-16(13-25)19-22-9-11-24(19)12-15-5-7-21-8-6-15/h5-9,11,14,16H,2-4,10,12-13H2,1H3/t16-/m0/s1. The van der Waals surface area contributed by atoms with Crippen LogP contribution in [0.3, 0.4) is 0 Å². The zero-order chi connectivity index (χ0) is 18.6. The van der Waals surface area contributed by atoms with Gasteiger partial charge in [-0.3, -0.25) is 9.78 Å². The Hall–Kier alpha value is -2.96.